The lowest BCUT2D eigenvalue weighted by molar-refractivity contribution is -0.152. The first kappa shape index (κ1) is 23.5. The minimum absolute atomic E-state index is 0.144. The number of carboxylic acid groups (broad SMARTS) is 1. The number of benzene rings is 2. The second-order valence-corrected chi connectivity index (χ2v) is 9.50. The first-order valence-corrected chi connectivity index (χ1v) is 11.3. The maximum absolute atomic E-state index is 12.6. The van der Waals surface area contributed by atoms with Crippen molar-refractivity contribution < 1.29 is 32.6 Å². The van der Waals surface area contributed by atoms with Crippen molar-refractivity contribution in [2.75, 3.05) is 36.9 Å². The van der Waals surface area contributed by atoms with Crippen molar-refractivity contribution in [2.24, 2.45) is 0 Å². The number of hydrogen-bond donors (Lipinski definition) is 3. The van der Waals surface area contributed by atoms with E-state index in [0.717, 1.165) is 0 Å². The molecule has 3 rings (SSSR count). The van der Waals surface area contributed by atoms with E-state index >= 15 is 0 Å². The molecular weight excluding hydrogens is 438 g/mol. The number of carbonyl (C=O) groups is 2. The number of hydrogen-bond acceptors (Lipinski definition) is 6. The summed E-state index contributed by atoms with van der Waals surface area (Å²) < 4.78 is 37.3. The Morgan fingerprint density at radius 3 is 1.97 bits per heavy atom. The van der Waals surface area contributed by atoms with E-state index in [2.05, 4.69) is 10.6 Å². The van der Waals surface area contributed by atoms with Gasteiger partial charge in [-0.25, -0.2) is 18.0 Å². The highest BCUT2D eigenvalue weighted by Crippen LogP contribution is 2.22. The number of rotatable bonds is 7. The van der Waals surface area contributed by atoms with Crippen LogP contribution in [0.5, 0.6) is 5.75 Å². The summed E-state index contributed by atoms with van der Waals surface area (Å²) in [7, 11) is -3.60. The topological polar surface area (TPSA) is 134 Å². The molecule has 1 aliphatic rings. The molecule has 172 valence electrons. The van der Waals surface area contributed by atoms with Gasteiger partial charge in [-0.3, -0.25) is 0 Å². The van der Waals surface area contributed by atoms with Crippen LogP contribution < -0.4 is 15.4 Å². The number of aliphatic carboxylic acids is 1. The molecule has 2 amide bonds. The Hall–Kier alpha value is -3.15. The van der Waals surface area contributed by atoms with Crippen LogP contribution in [-0.2, 0) is 19.6 Å². The van der Waals surface area contributed by atoms with Gasteiger partial charge < -0.3 is 25.2 Å². The summed E-state index contributed by atoms with van der Waals surface area (Å²) in [6, 6.07) is 11.6. The van der Waals surface area contributed by atoms with E-state index < -0.39 is 27.6 Å². The maximum atomic E-state index is 12.6. The molecule has 2 aromatic carbocycles. The minimum Gasteiger partial charge on any atom is -0.478 e. The Kier molecular flexibility index (Phi) is 7.02. The third-order valence-electron chi connectivity index (χ3n) is 4.72. The average molecular weight is 464 g/mol. The Balaban J connectivity index is 1.57. The van der Waals surface area contributed by atoms with Crippen molar-refractivity contribution in [3.05, 3.63) is 48.5 Å². The molecule has 0 unspecified atom stereocenters. The Morgan fingerprint density at radius 1 is 0.969 bits per heavy atom. The molecule has 0 aliphatic carbocycles. The van der Waals surface area contributed by atoms with Crippen LogP contribution in [-0.4, -0.2) is 61.7 Å². The van der Waals surface area contributed by atoms with Gasteiger partial charge in [-0.1, -0.05) is 0 Å². The Morgan fingerprint density at radius 2 is 1.47 bits per heavy atom. The molecule has 32 heavy (non-hydrogen) atoms. The number of sulfonamides is 1. The van der Waals surface area contributed by atoms with Crippen LogP contribution in [0.15, 0.2) is 53.4 Å². The third kappa shape index (κ3) is 5.75. The quantitative estimate of drug-likeness (QED) is 0.574. The van der Waals surface area contributed by atoms with Crippen LogP contribution in [0.2, 0.25) is 0 Å². The summed E-state index contributed by atoms with van der Waals surface area (Å²) in [5.41, 5.74) is -0.491. The van der Waals surface area contributed by atoms with Crippen molar-refractivity contribution in [3.63, 3.8) is 0 Å². The highest BCUT2D eigenvalue weighted by molar-refractivity contribution is 7.89. The zero-order chi connectivity index (χ0) is 23.4. The molecule has 1 aliphatic heterocycles. The fraction of sp³-hybridized carbons (Fsp3) is 0.333. The molecule has 0 spiro atoms. The third-order valence-corrected chi connectivity index (χ3v) is 6.63. The van der Waals surface area contributed by atoms with E-state index in [9.17, 15) is 18.0 Å². The van der Waals surface area contributed by atoms with Gasteiger partial charge in [-0.2, -0.15) is 4.31 Å². The standard InChI is InChI=1S/C21H25N3O7S/c1-21(2,19(25)26)31-17-7-3-15(4-8-17)22-20(27)23-16-5-9-18(10-6-16)32(28,29)24-11-13-30-14-12-24/h3-10H,11-14H2,1-2H3,(H,25,26)(H2,22,23,27). The number of amides is 2. The summed E-state index contributed by atoms with van der Waals surface area (Å²) in [6.45, 7) is 4.22. The number of ether oxygens (including phenoxy) is 2. The van der Waals surface area contributed by atoms with E-state index in [1.807, 2.05) is 0 Å². The lowest BCUT2D eigenvalue weighted by atomic mass is 10.1. The van der Waals surface area contributed by atoms with Gasteiger partial charge >= 0.3 is 12.0 Å². The first-order chi connectivity index (χ1) is 15.1. The van der Waals surface area contributed by atoms with Gasteiger partial charge in [0.05, 0.1) is 18.1 Å². The molecule has 0 radical (unpaired) electrons. The maximum Gasteiger partial charge on any atom is 0.347 e. The summed E-state index contributed by atoms with van der Waals surface area (Å²) in [5, 5.41) is 14.4. The monoisotopic (exact) mass is 463 g/mol. The summed E-state index contributed by atoms with van der Waals surface area (Å²) >= 11 is 0. The van der Waals surface area contributed by atoms with Crippen molar-refractivity contribution >= 4 is 33.4 Å². The van der Waals surface area contributed by atoms with Gasteiger partial charge in [0.2, 0.25) is 10.0 Å². The lowest BCUT2D eigenvalue weighted by Crippen LogP contribution is -2.40. The van der Waals surface area contributed by atoms with Gasteiger partial charge in [0, 0.05) is 24.5 Å². The highest BCUT2D eigenvalue weighted by atomic mass is 32.2. The van der Waals surface area contributed by atoms with Gasteiger partial charge in [0.25, 0.3) is 0 Å². The highest BCUT2D eigenvalue weighted by Gasteiger charge is 2.29. The fourth-order valence-electron chi connectivity index (χ4n) is 2.88. The molecule has 3 N–H and O–H groups in total. The predicted octanol–water partition coefficient (Wildman–Crippen LogP) is 2.59. The molecule has 10 nitrogen and oxygen atoms in total. The predicted molar refractivity (Wildman–Crippen MR) is 117 cm³/mol. The molecule has 1 saturated heterocycles. The number of nitrogens with zero attached hydrogens (tertiary/aromatic N) is 1. The van der Waals surface area contributed by atoms with Crippen molar-refractivity contribution in [1.29, 1.82) is 0 Å². The zero-order valence-corrected chi connectivity index (χ0v) is 18.5. The van der Waals surface area contributed by atoms with E-state index in [-0.39, 0.29) is 4.90 Å². The first-order valence-electron chi connectivity index (χ1n) is 9.86. The van der Waals surface area contributed by atoms with Crippen LogP contribution in [0.25, 0.3) is 0 Å². The average Bonchev–Trinajstić information content (AvgIpc) is 2.76. The van der Waals surface area contributed by atoms with Gasteiger partial charge in [-0.15, -0.1) is 0 Å². The fourth-order valence-corrected chi connectivity index (χ4v) is 4.29. The molecule has 1 fully saturated rings. The van der Waals surface area contributed by atoms with Crippen molar-refractivity contribution in [3.8, 4) is 5.75 Å². The summed E-state index contributed by atoms with van der Waals surface area (Å²) in [4.78, 5) is 23.5. The van der Waals surface area contributed by atoms with E-state index in [0.29, 0.717) is 43.4 Å². The van der Waals surface area contributed by atoms with Crippen LogP contribution >= 0.6 is 0 Å². The number of morpholine rings is 1. The zero-order valence-electron chi connectivity index (χ0n) is 17.7. The van der Waals surface area contributed by atoms with Crippen LogP contribution in [0.4, 0.5) is 16.2 Å². The molecule has 2 aromatic rings. The van der Waals surface area contributed by atoms with E-state index in [1.165, 1.54) is 42.4 Å². The van der Waals surface area contributed by atoms with E-state index in [4.69, 9.17) is 14.6 Å². The number of carbonyl (C=O) groups excluding carboxylic acids is 1. The Bertz CT molecular complexity index is 1060. The number of carboxylic acids is 1. The van der Waals surface area contributed by atoms with Crippen LogP contribution in [0.3, 0.4) is 0 Å². The second-order valence-electron chi connectivity index (χ2n) is 7.56. The smallest absolute Gasteiger partial charge is 0.347 e. The normalized spacial score (nSPS) is 15.1. The van der Waals surface area contributed by atoms with Gasteiger partial charge in [0.15, 0.2) is 5.60 Å². The van der Waals surface area contributed by atoms with Crippen molar-refractivity contribution in [2.45, 2.75) is 24.3 Å². The minimum atomic E-state index is -3.60. The molecule has 0 bridgehead atoms. The molecule has 1 heterocycles. The van der Waals surface area contributed by atoms with Crippen LogP contribution in [0.1, 0.15) is 13.8 Å². The number of anilines is 2. The lowest BCUT2D eigenvalue weighted by Gasteiger charge is -2.26. The molecule has 11 heteroatoms. The van der Waals surface area contributed by atoms with Gasteiger partial charge in [0.1, 0.15) is 5.75 Å². The SMILES string of the molecule is CC(C)(Oc1ccc(NC(=O)Nc2ccc(S(=O)(=O)N3CCOCC3)cc2)cc1)C(=O)O. The van der Waals surface area contributed by atoms with Gasteiger partial charge in [-0.05, 0) is 62.4 Å². The largest absolute Gasteiger partial charge is 0.478 e. The number of nitrogens with one attached hydrogen (secondary N) is 2. The van der Waals surface area contributed by atoms with E-state index in [1.54, 1.807) is 24.3 Å². The number of urea groups is 1. The second kappa shape index (κ2) is 9.55. The molecular formula is C21H25N3O7S. The van der Waals surface area contributed by atoms with Crippen molar-refractivity contribution in [1.82, 2.24) is 4.31 Å². The molecule has 0 aromatic heterocycles. The summed E-state index contributed by atoms with van der Waals surface area (Å²) in [6.07, 6.45) is 0. The Labute approximate surface area is 186 Å². The molecule has 0 saturated carbocycles. The van der Waals surface area contributed by atoms with Crippen LogP contribution in [0, 0.1) is 0 Å². The molecule has 0 atom stereocenters. The summed E-state index contributed by atoms with van der Waals surface area (Å²) in [5.74, 6) is -0.747.